The summed E-state index contributed by atoms with van der Waals surface area (Å²) in [7, 11) is 1.62. The number of ether oxygens (including phenoxy) is 1. The SMILES string of the molecule is COc1ccc(C[NH+](CC(=O)Nc2cc(Cl)ccc2[N+](=O)[O-])C2CC2)cc1. The van der Waals surface area contributed by atoms with Crippen molar-refractivity contribution in [1.29, 1.82) is 0 Å². The molecule has 1 unspecified atom stereocenters. The van der Waals surface area contributed by atoms with Crippen LogP contribution in [0.25, 0.3) is 0 Å². The lowest BCUT2D eigenvalue weighted by atomic mass is 10.2. The van der Waals surface area contributed by atoms with Crippen molar-refractivity contribution in [2.45, 2.75) is 25.4 Å². The zero-order chi connectivity index (χ0) is 19.4. The first-order valence-electron chi connectivity index (χ1n) is 8.67. The third kappa shape index (κ3) is 5.18. The van der Waals surface area contributed by atoms with Crippen LogP contribution >= 0.6 is 11.6 Å². The van der Waals surface area contributed by atoms with Gasteiger partial charge in [0.2, 0.25) is 0 Å². The molecule has 1 amide bonds. The second-order valence-corrected chi connectivity index (χ2v) is 7.04. The number of methoxy groups -OCH3 is 1. The number of carbonyl (C=O) groups excluding carboxylic acids is 1. The lowest BCUT2D eigenvalue weighted by molar-refractivity contribution is -0.916. The number of rotatable bonds is 8. The first-order chi connectivity index (χ1) is 13.0. The summed E-state index contributed by atoms with van der Waals surface area (Å²) in [6, 6.07) is 12.3. The average molecular weight is 391 g/mol. The van der Waals surface area contributed by atoms with E-state index in [1.165, 1.54) is 18.2 Å². The molecule has 0 aliphatic heterocycles. The Balaban J connectivity index is 1.67. The Morgan fingerprint density at radius 3 is 2.59 bits per heavy atom. The average Bonchev–Trinajstić information content (AvgIpc) is 3.46. The molecule has 1 fully saturated rings. The van der Waals surface area contributed by atoms with E-state index in [4.69, 9.17) is 16.3 Å². The molecule has 7 nitrogen and oxygen atoms in total. The molecule has 2 N–H and O–H groups in total. The largest absolute Gasteiger partial charge is 0.497 e. The van der Waals surface area contributed by atoms with E-state index in [2.05, 4.69) is 5.32 Å². The normalized spacial score (nSPS) is 14.4. The lowest BCUT2D eigenvalue weighted by Gasteiger charge is -2.19. The quantitative estimate of drug-likeness (QED) is 0.535. The molecule has 0 aromatic heterocycles. The van der Waals surface area contributed by atoms with Crippen molar-refractivity contribution in [3.05, 3.63) is 63.2 Å². The highest BCUT2D eigenvalue weighted by molar-refractivity contribution is 6.31. The Bertz CT molecular complexity index is 837. The highest BCUT2D eigenvalue weighted by atomic mass is 35.5. The number of amides is 1. The molecule has 27 heavy (non-hydrogen) atoms. The minimum Gasteiger partial charge on any atom is -0.497 e. The number of carbonyl (C=O) groups is 1. The summed E-state index contributed by atoms with van der Waals surface area (Å²) in [5.41, 5.74) is 1.06. The fourth-order valence-corrected chi connectivity index (χ4v) is 3.19. The number of nitrogens with one attached hydrogen (secondary N) is 2. The maximum atomic E-state index is 12.5. The van der Waals surface area contributed by atoms with E-state index < -0.39 is 4.92 Å². The second kappa shape index (κ2) is 8.37. The van der Waals surface area contributed by atoms with Crippen LogP contribution in [0.5, 0.6) is 5.75 Å². The van der Waals surface area contributed by atoms with Gasteiger partial charge in [0.05, 0.1) is 18.1 Å². The molecule has 2 aromatic rings. The van der Waals surface area contributed by atoms with Gasteiger partial charge in [-0.1, -0.05) is 11.6 Å². The van der Waals surface area contributed by atoms with Gasteiger partial charge < -0.3 is 15.0 Å². The van der Waals surface area contributed by atoms with Crippen molar-refractivity contribution in [2.75, 3.05) is 19.0 Å². The Morgan fingerprint density at radius 1 is 1.30 bits per heavy atom. The number of anilines is 1. The van der Waals surface area contributed by atoms with Crippen LogP contribution in [0.3, 0.4) is 0 Å². The molecule has 0 spiro atoms. The third-order valence-electron chi connectivity index (χ3n) is 4.56. The second-order valence-electron chi connectivity index (χ2n) is 6.60. The van der Waals surface area contributed by atoms with E-state index in [1.54, 1.807) is 7.11 Å². The predicted octanol–water partition coefficient (Wildman–Crippen LogP) is 2.44. The van der Waals surface area contributed by atoms with Crippen molar-refractivity contribution in [1.82, 2.24) is 0 Å². The van der Waals surface area contributed by atoms with Crippen LogP contribution in [-0.2, 0) is 11.3 Å². The van der Waals surface area contributed by atoms with Gasteiger partial charge in [-0.3, -0.25) is 14.9 Å². The van der Waals surface area contributed by atoms with Crippen LogP contribution in [0, 0.1) is 10.1 Å². The number of nitro benzene ring substituents is 1. The summed E-state index contributed by atoms with van der Waals surface area (Å²) in [5.74, 6) is 0.522. The highest BCUT2D eigenvalue weighted by Crippen LogP contribution is 2.27. The molecule has 8 heteroatoms. The fraction of sp³-hybridized carbons (Fsp3) is 0.316. The molecule has 1 saturated carbocycles. The Morgan fingerprint density at radius 2 is 2.00 bits per heavy atom. The highest BCUT2D eigenvalue weighted by Gasteiger charge is 2.34. The minimum atomic E-state index is -0.533. The van der Waals surface area contributed by atoms with E-state index in [0.717, 1.165) is 29.1 Å². The van der Waals surface area contributed by atoms with Crippen molar-refractivity contribution in [3.8, 4) is 5.75 Å². The zero-order valence-corrected chi connectivity index (χ0v) is 15.7. The monoisotopic (exact) mass is 390 g/mol. The number of hydrogen-bond donors (Lipinski definition) is 2. The van der Waals surface area contributed by atoms with Gasteiger partial charge in [0, 0.05) is 29.5 Å². The van der Waals surface area contributed by atoms with Crippen LogP contribution in [0.4, 0.5) is 11.4 Å². The lowest BCUT2D eigenvalue weighted by Crippen LogP contribution is -3.13. The molecule has 142 valence electrons. The molecule has 0 radical (unpaired) electrons. The zero-order valence-electron chi connectivity index (χ0n) is 14.9. The fourth-order valence-electron chi connectivity index (χ4n) is 3.02. The summed E-state index contributed by atoms with van der Waals surface area (Å²) >= 11 is 5.91. The Labute approximate surface area is 162 Å². The van der Waals surface area contributed by atoms with Gasteiger partial charge in [-0.2, -0.15) is 0 Å². The van der Waals surface area contributed by atoms with Crippen LogP contribution in [0.2, 0.25) is 5.02 Å². The summed E-state index contributed by atoms with van der Waals surface area (Å²) < 4.78 is 5.17. The summed E-state index contributed by atoms with van der Waals surface area (Å²) in [6.07, 6.45) is 2.16. The number of hydrogen-bond acceptors (Lipinski definition) is 4. The molecule has 1 atom stereocenters. The van der Waals surface area contributed by atoms with Crippen LogP contribution in [0.15, 0.2) is 42.5 Å². The Kier molecular flexibility index (Phi) is 5.93. The topological polar surface area (TPSA) is 85.9 Å². The van der Waals surface area contributed by atoms with Crippen LogP contribution in [-0.4, -0.2) is 30.5 Å². The van der Waals surface area contributed by atoms with Crippen molar-refractivity contribution < 1.29 is 19.4 Å². The van der Waals surface area contributed by atoms with Gasteiger partial charge in [-0.15, -0.1) is 0 Å². The first-order valence-corrected chi connectivity index (χ1v) is 9.05. The smallest absolute Gasteiger partial charge is 0.292 e. The van der Waals surface area contributed by atoms with E-state index in [9.17, 15) is 14.9 Å². The van der Waals surface area contributed by atoms with E-state index in [-0.39, 0.29) is 23.8 Å². The van der Waals surface area contributed by atoms with Gasteiger partial charge in [0.25, 0.3) is 11.6 Å². The molecule has 1 aliphatic rings. The molecule has 0 bridgehead atoms. The number of nitrogens with zero attached hydrogens (tertiary/aromatic N) is 1. The van der Waals surface area contributed by atoms with Gasteiger partial charge in [0.1, 0.15) is 18.0 Å². The molecular formula is C19H21ClN3O4+. The van der Waals surface area contributed by atoms with Crippen LogP contribution < -0.4 is 15.0 Å². The molecule has 3 rings (SSSR count). The summed E-state index contributed by atoms with van der Waals surface area (Å²) in [4.78, 5) is 24.3. The molecular weight excluding hydrogens is 370 g/mol. The standard InChI is InChI=1S/C19H20ClN3O4/c1-27-16-7-2-13(3-8-16)11-22(15-5-6-15)12-19(24)21-17-10-14(20)4-9-18(17)23(25)26/h2-4,7-10,15H,5-6,11-12H2,1H3,(H,21,24)/p+1. The Hall–Kier alpha value is -2.64. The van der Waals surface area contributed by atoms with Crippen molar-refractivity contribution >= 4 is 28.9 Å². The van der Waals surface area contributed by atoms with E-state index in [0.29, 0.717) is 17.6 Å². The molecule has 0 heterocycles. The molecule has 2 aromatic carbocycles. The van der Waals surface area contributed by atoms with Crippen LogP contribution in [0.1, 0.15) is 18.4 Å². The minimum absolute atomic E-state index is 0.122. The first kappa shape index (κ1) is 19.1. The van der Waals surface area contributed by atoms with E-state index >= 15 is 0 Å². The van der Waals surface area contributed by atoms with Crippen molar-refractivity contribution in [3.63, 3.8) is 0 Å². The van der Waals surface area contributed by atoms with Crippen molar-refractivity contribution in [2.24, 2.45) is 0 Å². The molecule has 1 aliphatic carbocycles. The van der Waals surface area contributed by atoms with Gasteiger partial charge >= 0.3 is 0 Å². The maximum Gasteiger partial charge on any atom is 0.292 e. The third-order valence-corrected chi connectivity index (χ3v) is 4.80. The van der Waals surface area contributed by atoms with Gasteiger partial charge in [-0.25, -0.2) is 0 Å². The van der Waals surface area contributed by atoms with E-state index in [1.807, 2.05) is 24.3 Å². The maximum absolute atomic E-state index is 12.5. The number of nitro groups is 1. The van der Waals surface area contributed by atoms with Gasteiger partial charge in [-0.05, 0) is 36.4 Å². The number of halogens is 1. The predicted molar refractivity (Wildman–Crippen MR) is 102 cm³/mol. The summed E-state index contributed by atoms with van der Waals surface area (Å²) in [6.45, 7) is 0.945. The molecule has 0 saturated heterocycles. The number of quaternary nitrogens is 1. The summed E-state index contributed by atoms with van der Waals surface area (Å²) in [5, 5.41) is 14.1. The van der Waals surface area contributed by atoms with Gasteiger partial charge in [0.15, 0.2) is 6.54 Å². The number of benzene rings is 2.